The van der Waals surface area contributed by atoms with E-state index in [1.807, 2.05) is 0 Å². The van der Waals surface area contributed by atoms with Gasteiger partial charge in [0.15, 0.2) is 0 Å². The van der Waals surface area contributed by atoms with Gasteiger partial charge < -0.3 is 0 Å². The molecule has 74 valence electrons. The molecule has 0 spiro atoms. The van der Waals surface area contributed by atoms with Crippen LogP contribution in [0.3, 0.4) is 0 Å². The number of fused-ring (bicyclic) bond motifs is 3. The SMILES string of the molecule is Cc1ccc2c(c1)[C@@H](C)c1ccccc1-2. The fourth-order valence-electron chi connectivity index (χ4n) is 2.57. The second-order valence-electron chi connectivity index (χ2n) is 4.40. The van der Waals surface area contributed by atoms with Gasteiger partial charge in [0.05, 0.1) is 0 Å². The molecule has 0 radical (unpaired) electrons. The Bertz CT molecular complexity index is 523. The van der Waals surface area contributed by atoms with E-state index in [1.165, 1.54) is 27.8 Å². The van der Waals surface area contributed by atoms with Crippen molar-refractivity contribution in [3.8, 4) is 11.1 Å². The van der Waals surface area contributed by atoms with Crippen LogP contribution in [-0.4, -0.2) is 0 Å². The van der Waals surface area contributed by atoms with E-state index in [1.54, 1.807) is 0 Å². The Kier molecular flexibility index (Phi) is 1.72. The van der Waals surface area contributed by atoms with Crippen molar-refractivity contribution in [3.63, 3.8) is 0 Å². The van der Waals surface area contributed by atoms with E-state index < -0.39 is 0 Å². The van der Waals surface area contributed by atoms with Gasteiger partial charge >= 0.3 is 0 Å². The van der Waals surface area contributed by atoms with Gasteiger partial charge in [-0.1, -0.05) is 55.0 Å². The highest BCUT2D eigenvalue weighted by atomic mass is 14.3. The number of benzene rings is 2. The molecule has 0 nitrogen and oxygen atoms in total. The normalized spacial score (nSPS) is 17.3. The monoisotopic (exact) mass is 194 g/mol. The Hall–Kier alpha value is -1.56. The van der Waals surface area contributed by atoms with Gasteiger partial charge in [-0.25, -0.2) is 0 Å². The summed E-state index contributed by atoms with van der Waals surface area (Å²) in [6.45, 7) is 4.46. The molecular weight excluding hydrogens is 180 g/mol. The highest BCUT2D eigenvalue weighted by Gasteiger charge is 2.24. The van der Waals surface area contributed by atoms with E-state index in [-0.39, 0.29) is 0 Å². The molecule has 0 aliphatic heterocycles. The van der Waals surface area contributed by atoms with Crippen molar-refractivity contribution in [2.75, 3.05) is 0 Å². The third-order valence-electron chi connectivity index (χ3n) is 3.39. The molecule has 0 saturated carbocycles. The van der Waals surface area contributed by atoms with Crippen molar-refractivity contribution in [1.29, 1.82) is 0 Å². The molecule has 0 unspecified atom stereocenters. The van der Waals surface area contributed by atoms with Gasteiger partial charge in [0.1, 0.15) is 0 Å². The summed E-state index contributed by atoms with van der Waals surface area (Å²) in [6, 6.07) is 15.5. The van der Waals surface area contributed by atoms with Gasteiger partial charge in [-0.3, -0.25) is 0 Å². The highest BCUT2D eigenvalue weighted by Crippen LogP contribution is 2.44. The second kappa shape index (κ2) is 2.96. The Morgan fingerprint density at radius 2 is 1.60 bits per heavy atom. The van der Waals surface area contributed by atoms with Gasteiger partial charge in [-0.05, 0) is 29.2 Å². The quantitative estimate of drug-likeness (QED) is 0.591. The molecule has 0 aromatic heterocycles. The summed E-state index contributed by atoms with van der Waals surface area (Å²) in [5.74, 6) is 0.552. The Labute approximate surface area is 90.6 Å². The third-order valence-corrected chi connectivity index (χ3v) is 3.39. The van der Waals surface area contributed by atoms with Crippen LogP contribution in [-0.2, 0) is 0 Å². The first-order valence-corrected chi connectivity index (χ1v) is 5.47. The molecule has 0 bridgehead atoms. The maximum atomic E-state index is 2.32. The minimum Gasteiger partial charge on any atom is -0.0619 e. The first-order chi connectivity index (χ1) is 7.27. The molecular formula is C15H14. The van der Waals surface area contributed by atoms with Gasteiger partial charge in [-0.15, -0.1) is 0 Å². The molecule has 3 rings (SSSR count). The lowest BCUT2D eigenvalue weighted by atomic mass is 9.98. The van der Waals surface area contributed by atoms with Crippen LogP contribution in [0.1, 0.15) is 29.5 Å². The van der Waals surface area contributed by atoms with Crippen molar-refractivity contribution < 1.29 is 0 Å². The lowest BCUT2D eigenvalue weighted by Gasteiger charge is -2.06. The molecule has 0 amide bonds. The number of aryl methyl sites for hydroxylation is 1. The molecule has 1 aliphatic rings. The summed E-state index contributed by atoms with van der Waals surface area (Å²) in [6.07, 6.45) is 0. The van der Waals surface area contributed by atoms with Crippen LogP contribution < -0.4 is 0 Å². The molecule has 0 N–H and O–H groups in total. The smallest absolute Gasteiger partial charge is 0.00734 e. The minimum atomic E-state index is 0.552. The number of hydrogen-bond donors (Lipinski definition) is 0. The molecule has 0 heterocycles. The predicted molar refractivity (Wildman–Crippen MR) is 64.1 cm³/mol. The fourth-order valence-corrected chi connectivity index (χ4v) is 2.57. The average Bonchev–Trinajstić information content (AvgIpc) is 2.54. The summed E-state index contributed by atoms with van der Waals surface area (Å²) in [5, 5.41) is 0. The summed E-state index contributed by atoms with van der Waals surface area (Å²) in [7, 11) is 0. The van der Waals surface area contributed by atoms with E-state index in [0.717, 1.165) is 0 Å². The van der Waals surface area contributed by atoms with E-state index in [4.69, 9.17) is 0 Å². The van der Waals surface area contributed by atoms with Crippen LogP contribution in [0.5, 0.6) is 0 Å². The molecule has 1 aliphatic carbocycles. The molecule has 2 aromatic carbocycles. The summed E-state index contributed by atoms with van der Waals surface area (Å²) in [4.78, 5) is 0. The predicted octanol–water partition coefficient (Wildman–Crippen LogP) is 4.13. The van der Waals surface area contributed by atoms with Crippen molar-refractivity contribution in [1.82, 2.24) is 0 Å². The van der Waals surface area contributed by atoms with Gasteiger partial charge in [0.2, 0.25) is 0 Å². The van der Waals surface area contributed by atoms with Gasteiger partial charge in [-0.2, -0.15) is 0 Å². The lowest BCUT2D eigenvalue weighted by Crippen LogP contribution is -1.89. The second-order valence-corrected chi connectivity index (χ2v) is 4.40. The summed E-state index contributed by atoms with van der Waals surface area (Å²) < 4.78 is 0. The zero-order valence-electron chi connectivity index (χ0n) is 9.12. The first-order valence-electron chi connectivity index (χ1n) is 5.47. The first kappa shape index (κ1) is 8.72. The summed E-state index contributed by atoms with van der Waals surface area (Å²) in [5.41, 5.74) is 7.14. The van der Waals surface area contributed by atoms with Crippen LogP contribution >= 0.6 is 0 Å². The maximum absolute atomic E-state index is 2.32. The van der Waals surface area contributed by atoms with Crippen LogP contribution in [0.4, 0.5) is 0 Å². The standard InChI is InChI=1S/C15H14/c1-10-7-8-14-13-6-4-3-5-12(13)11(2)15(14)9-10/h3-9,11H,1-2H3/t11-/m0/s1. The maximum Gasteiger partial charge on any atom is 0.00734 e. The Balaban J connectivity index is 2.32. The number of hydrogen-bond acceptors (Lipinski definition) is 0. The molecule has 2 aromatic rings. The van der Waals surface area contributed by atoms with Gasteiger partial charge in [0.25, 0.3) is 0 Å². The zero-order chi connectivity index (χ0) is 10.4. The highest BCUT2D eigenvalue weighted by molar-refractivity contribution is 5.78. The zero-order valence-corrected chi connectivity index (χ0v) is 9.12. The Morgan fingerprint density at radius 3 is 2.47 bits per heavy atom. The molecule has 0 saturated heterocycles. The largest absolute Gasteiger partial charge is 0.0619 e. The van der Waals surface area contributed by atoms with Crippen LogP contribution in [0.25, 0.3) is 11.1 Å². The van der Waals surface area contributed by atoms with Gasteiger partial charge in [0, 0.05) is 5.92 Å². The van der Waals surface area contributed by atoms with Crippen molar-refractivity contribution in [2.45, 2.75) is 19.8 Å². The topological polar surface area (TPSA) is 0 Å². The minimum absolute atomic E-state index is 0.552. The molecule has 0 fully saturated rings. The third kappa shape index (κ3) is 1.14. The molecule has 1 atom stereocenters. The van der Waals surface area contributed by atoms with Crippen molar-refractivity contribution in [3.05, 3.63) is 59.2 Å². The van der Waals surface area contributed by atoms with E-state index >= 15 is 0 Å². The summed E-state index contributed by atoms with van der Waals surface area (Å²) >= 11 is 0. The molecule has 0 heteroatoms. The van der Waals surface area contributed by atoms with Crippen LogP contribution in [0.15, 0.2) is 42.5 Å². The fraction of sp³-hybridized carbons (Fsp3) is 0.200. The number of rotatable bonds is 0. The van der Waals surface area contributed by atoms with Crippen LogP contribution in [0, 0.1) is 6.92 Å². The van der Waals surface area contributed by atoms with Crippen molar-refractivity contribution >= 4 is 0 Å². The lowest BCUT2D eigenvalue weighted by molar-refractivity contribution is 0.954. The van der Waals surface area contributed by atoms with Crippen LogP contribution in [0.2, 0.25) is 0 Å². The Morgan fingerprint density at radius 1 is 0.867 bits per heavy atom. The van der Waals surface area contributed by atoms with E-state index in [2.05, 4.69) is 56.3 Å². The van der Waals surface area contributed by atoms with Crippen molar-refractivity contribution in [2.24, 2.45) is 0 Å². The average molecular weight is 194 g/mol. The van der Waals surface area contributed by atoms with E-state index in [9.17, 15) is 0 Å². The molecule has 15 heavy (non-hydrogen) atoms. The van der Waals surface area contributed by atoms with E-state index in [0.29, 0.717) is 5.92 Å².